The summed E-state index contributed by atoms with van der Waals surface area (Å²) in [4.78, 5) is 13.8. The third-order valence-corrected chi connectivity index (χ3v) is 4.17. The van der Waals surface area contributed by atoms with Crippen molar-refractivity contribution in [2.45, 2.75) is 12.5 Å². The van der Waals surface area contributed by atoms with Gasteiger partial charge in [0.2, 0.25) is 0 Å². The summed E-state index contributed by atoms with van der Waals surface area (Å²) >= 11 is 1.84. The van der Waals surface area contributed by atoms with Gasteiger partial charge in [-0.05, 0) is 30.4 Å². The minimum Gasteiger partial charge on any atom is -0.396 e. The van der Waals surface area contributed by atoms with E-state index < -0.39 is 5.82 Å². The Morgan fingerprint density at radius 3 is 2.94 bits per heavy atom. The number of hydrogen-bond donors (Lipinski definition) is 1. The number of nitrogens with two attached hydrogens (primary N) is 1. The number of thioether (sulfide) groups is 1. The molecule has 1 aromatic rings. The topological polar surface area (TPSA) is 46.3 Å². The second-order valence-electron chi connectivity index (χ2n) is 4.17. The number of anilines is 1. The van der Waals surface area contributed by atoms with E-state index in [9.17, 15) is 9.18 Å². The average Bonchev–Trinajstić information content (AvgIpc) is 2.84. The monoisotopic (exact) mass is 254 g/mol. The number of nitrogens with zero attached hydrogens (tertiary/aromatic N) is 1. The number of amides is 1. The first kappa shape index (κ1) is 12.2. The Morgan fingerprint density at radius 1 is 1.59 bits per heavy atom. The van der Waals surface area contributed by atoms with Crippen LogP contribution in [0.25, 0.3) is 0 Å². The molecular formula is C12H15FN2OS. The van der Waals surface area contributed by atoms with E-state index >= 15 is 0 Å². The number of carbonyl (C=O) groups excluding carboxylic acids is 1. The second kappa shape index (κ2) is 4.96. The van der Waals surface area contributed by atoms with Gasteiger partial charge in [-0.3, -0.25) is 4.79 Å². The summed E-state index contributed by atoms with van der Waals surface area (Å²) in [6, 6.07) is 4.46. The van der Waals surface area contributed by atoms with Crippen LogP contribution in [0.4, 0.5) is 10.1 Å². The number of carbonyl (C=O) groups is 1. The van der Waals surface area contributed by atoms with Crippen LogP contribution in [-0.2, 0) is 0 Å². The van der Waals surface area contributed by atoms with Crippen LogP contribution < -0.4 is 5.73 Å². The molecule has 5 heteroatoms. The highest BCUT2D eigenvalue weighted by Gasteiger charge is 2.24. The molecule has 0 saturated carbocycles. The lowest BCUT2D eigenvalue weighted by Crippen LogP contribution is -2.37. The summed E-state index contributed by atoms with van der Waals surface area (Å²) < 4.78 is 13.3. The molecule has 17 heavy (non-hydrogen) atoms. The first-order valence-electron chi connectivity index (χ1n) is 5.49. The highest BCUT2D eigenvalue weighted by Crippen LogP contribution is 2.23. The molecule has 0 aromatic heterocycles. The predicted molar refractivity (Wildman–Crippen MR) is 68.6 cm³/mol. The maximum absolute atomic E-state index is 13.3. The third-order valence-electron chi connectivity index (χ3n) is 3.02. The Hall–Kier alpha value is -1.23. The van der Waals surface area contributed by atoms with Gasteiger partial charge in [0.1, 0.15) is 5.82 Å². The molecule has 92 valence electrons. The first-order chi connectivity index (χ1) is 8.09. The zero-order chi connectivity index (χ0) is 12.4. The molecule has 1 fully saturated rings. The summed E-state index contributed by atoms with van der Waals surface area (Å²) in [7, 11) is 1.77. The molecule has 3 nitrogen and oxygen atoms in total. The van der Waals surface area contributed by atoms with E-state index in [2.05, 4.69) is 0 Å². The van der Waals surface area contributed by atoms with Crippen LogP contribution in [0.1, 0.15) is 16.8 Å². The van der Waals surface area contributed by atoms with Crippen molar-refractivity contribution < 1.29 is 9.18 Å². The molecule has 1 heterocycles. The smallest absolute Gasteiger partial charge is 0.253 e. The molecule has 0 spiro atoms. The van der Waals surface area contributed by atoms with Gasteiger partial charge in [0.15, 0.2) is 0 Å². The van der Waals surface area contributed by atoms with E-state index in [4.69, 9.17) is 5.73 Å². The van der Waals surface area contributed by atoms with E-state index in [1.165, 1.54) is 12.1 Å². The average molecular weight is 254 g/mol. The van der Waals surface area contributed by atoms with Crippen molar-refractivity contribution in [1.82, 2.24) is 4.90 Å². The fourth-order valence-electron chi connectivity index (χ4n) is 1.86. The summed E-state index contributed by atoms with van der Waals surface area (Å²) in [5.41, 5.74) is 5.81. The van der Waals surface area contributed by atoms with Crippen LogP contribution in [0.3, 0.4) is 0 Å². The van der Waals surface area contributed by atoms with Crippen LogP contribution in [0, 0.1) is 5.82 Å². The maximum atomic E-state index is 13.3. The molecule has 2 N–H and O–H groups in total. The Labute approximate surface area is 104 Å². The Balaban J connectivity index is 2.15. The van der Waals surface area contributed by atoms with Gasteiger partial charge in [-0.25, -0.2) is 4.39 Å². The fourth-order valence-corrected chi connectivity index (χ4v) is 3.12. The van der Waals surface area contributed by atoms with Gasteiger partial charge < -0.3 is 10.6 Å². The zero-order valence-corrected chi connectivity index (χ0v) is 10.5. The molecule has 1 aliphatic rings. The van der Waals surface area contributed by atoms with Crippen LogP contribution in [-0.4, -0.2) is 35.4 Å². The van der Waals surface area contributed by atoms with Crippen molar-refractivity contribution in [2.24, 2.45) is 0 Å². The maximum Gasteiger partial charge on any atom is 0.253 e. The summed E-state index contributed by atoms with van der Waals surface area (Å²) in [5.74, 6) is 1.36. The van der Waals surface area contributed by atoms with Gasteiger partial charge >= 0.3 is 0 Å². The van der Waals surface area contributed by atoms with Crippen molar-refractivity contribution >= 4 is 23.4 Å². The van der Waals surface area contributed by atoms with Crippen LogP contribution >= 0.6 is 11.8 Å². The van der Waals surface area contributed by atoms with Crippen LogP contribution in [0.2, 0.25) is 0 Å². The summed E-state index contributed by atoms with van der Waals surface area (Å²) in [6.07, 6.45) is 1.00. The van der Waals surface area contributed by atoms with Crippen LogP contribution in [0.15, 0.2) is 18.2 Å². The normalized spacial score (nSPS) is 19.3. The molecule has 1 aliphatic heterocycles. The molecule has 1 amide bonds. The molecule has 0 radical (unpaired) electrons. The second-order valence-corrected chi connectivity index (χ2v) is 5.32. The number of benzene rings is 1. The van der Waals surface area contributed by atoms with Gasteiger partial charge in [-0.15, -0.1) is 0 Å². The molecular weight excluding hydrogens is 239 g/mol. The SMILES string of the molecule is CN(C(=O)c1ccc(N)c(F)c1)C1CCSC1. The first-order valence-corrected chi connectivity index (χ1v) is 6.65. The van der Waals surface area contributed by atoms with Crippen molar-refractivity contribution in [3.05, 3.63) is 29.6 Å². The van der Waals surface area contributed by atoms with E-state index in [1.807, 2.05) is 11.8 Å². The summed E-state index contributed by atoms with van der Waals surface area (Å²) in [6.45, 7) is 0. The van der Waals surface area contributed by atoms with E-state index in [0.29, 0.717) is 5.56 Å². The lowest BCUT2D eigenvalue weighted by molar-refractivity contribution is 0.0747. The van der Waals surface area contributed by atoms with Crippen molar-refractivity contribution in [3.63, 3.8) is 0 Å². The fraction of sp³-hybridized carbons (Fsp3) is 0.417. The number of halogens is 1. The molecule has 1 aromatic carbocycles. The third kappa shape index (κ3) is 2.54. The van der Waals surface area contributed by atoms with Gasteiger partial charge in [0, 0.05) is 24.4 Å². The lowest BCUT2D eigenvalue weighted by Gasteiger charge is -2.23. The minimum absolute atomic E-state index is 0.0700. The standard InChI is InChI=1S/C12H15FN2OS/c1-15(9-4-5-17-7-9)12(16)8-2-3-11(14)10(13)6-8/h2-3,6,9H,4-5,7,14H2,1H3. The Kier molecular flexibility index (Phi) is 3.57. The number of hydrogen-bond acceptors (Lipinski definition) is 3. The molecule has 1 saturated heterocycles. The van der Waals surface area contributed by atoms with Gasteiger partial charge in [0.05, 0.1) is 5.69 Å². The van der Waals surface area contributed by atoms with E-state index in [0.717, 1.165) is 17.9 Å². The van der Waals surface area contributed by atoms with E-state index in [-0.39, 0.29) is 17.6 Å². The molecule has 0 bridgehead atoms. The van der Waals surface area contributed by atoms with Gasteiger partial charge in [0.25, 0.3) is 5.91 Å². The van der Waals surface area contributed by atoms with Crippen molar-refractivity contribution in [2.75, 3.05) is 24.3 Å². The number of rotatable bonds is 2. The highest BCUT2D eigenvalue weighted by molar-refractivity contribution is 7.99. The van der Waals surface area contributed by atoms with E-state index in [1.54, 1.807) is 18.0 Å². The van der Waals surface area contributed by atoms with Crippen LogP contribution in [0.5, 0.6) is 0 Å². The van der Waals surface area contributed by atoms with Crippen molar-refractivity contribution in [1.29, 1.82) is 0 Å². The minimum atomic E-state index is -0.537. The molecule has 0 aliphatic carbocycles. The van der Waals surface area contributed by atoms with Crippen molar-refractivity contribution in [3.8, 4) is 0 Å². The molecule has 1 unspecified atom stereocenters. The number of nitrogen functional groups attached to an aromatic ring is 1. The van der Waals surface area contributed by atoms with Gasteiger partial charge in [-0.1, -0.05) is 0 Å². The Morgan fingerprint density at radius 2 is 2.35 bits per heavy atom. The largest absolute Gasteiger partial charge is 0.396 e. The summed E-state index contributed by atoms with van der Waals surface area (Å²) in [5, 5.41) is 0. The molecule has 1 atom stereocenters. The quantitative estimate of drug-likeness (QED) is 0.821. The van der Waals surface area contributed by atoms with Gasteiger partial charge in [-0.2, -0.15) is 11.8 Å². The highest BCUT2D eigenvalue weighted by atomic mass is 32.2. The zero-order valence-electron chi connectivity index (χ0n) is 9.65. The molecule has 2 rings (SSSR count). The predicted octanol–water partition coefficient (Wildman–Crippen LogP) is 1.99. The lowest BCUT2D eigenvalue weighted by atomic mass is 10.1. The Bertz CT molecular complexity index is 433.